The summed E-state index contributed by atoms with van der Waals surface area (Å²) in [6.07, 6.45) is -0.480. The molecule has 0 amide bonds. The van der Waals surface area contributed by atoms with E-state index in [9.17, 15) is 14.9 Å². The van der Waals surface area contributed by atoms with E-state index in [1.165, 1.54) is 18.2 Å². The number of ether oxygens (including phenoxy) is 1. The fourth-order valence-electron chi connectivity index (χ4n) is 2.56. The zero-order valence-corrected chi connectivity index (χ0v) is 14.2. The lowest BCUT2D eigenvalue weighted by Gasteiger charge is -2.16. The Morgan fingerprint density at radius 2 is 2.00 bits per heavy atom. The van der Waals surface area contributed by atoms with Crippen LogP contribution in [0.5, 0.6) is 5.75 Å². The van der Waals surface area contributed by atoms with Gasteiger partial charge in [-0.05, 0) is 31.0 Å². The monoisotopic (exact) mass is 359 g/mol. The van der Waals surface area contributed by atoms with E-state index in [-0.39, 0.29) is 5.69 Å². The molecule has 1 aromatic heterocycles. The van der Waals surface area contributed by atoms with Crippen molar-refractivity contribution in [2.24, 2.45) is 0 Å². The fraction of sp³-hybridized carbons (Fsp3) is 0.167. The van der Waals surface area contributed by atoms with Gasteiger partial charge in [0.15, 0.2) is 0 Å². The Bertz CT molecular complexity index is 1030. The van der Waals surface area contributed by atoms with E-state index in [1.807, 2.05) is 0 Å². The van der Waals surface area contributed by atoms with Gasteiger partial charge in [0, 0.05) is 29.7 Å². The van der Waals surface area contributed by atoms with E-state index in [4.69, 9.17) is 20.8 Å². The quantitative estimate of drug-likeness (QED) is 0.379. The van der Waals surface area contributed by atoms with Gasteiger partial charge >= 0.3 is 5.63 Å². The third-order valence-corrected chi connectivity index (χ3v) is 4.15. The molecule has 0 aliphatic rings. The van der Waals surface area contributed by atoms with E-state index in [0.717, 1.165) is 10.9 Å². The van der Waals surface area contributed by atoms with E-state index in [1.54, 1.807) is 38.1 Å². The van der Waals surface area contributed by atoms with Crippen LogP contribution in [0, 0.1) is 17.0 Å². The molecule has 0 fully saturated rings. The number of benzene rings is 2. The summed E-state index contributed by atoms with van der Waals surface area (Å²) < 4.78 is 11.0. The molecule has 2 aromatic carbocycles. The van der Waals surface area contributed by atoms with Crippen LogP contribution in [-0.4, -0.2) is 4.92 Å². The Labute approximate surface area is 147 Å². The molecule has 1 atom stereocenters. The van der Waals surface area contributed by atoms with Gasteiger partial charge in [0.1, 0.15) is 17.4 Å². The standard InChI is InChI=1S/C18H14ClNO5/c1-10-6-18(21)25-16-9-17(15(19)8-14(10)16)24-11(2)12-4-3-5-13(7-12)20(22)23/h3-9,11H,1-2H3/t11-/m0/s1. The maximum absolute atomic E-state index is 11.5. The van der Waals surface area contributed by atoms with Crippen molar-refractivity contribution in [1.29, 1.82) is 0 Å². The number of hydrogen-bond donors (Lipinski definition) is 0. The minimum Gasteiger partial charge on any atom is -0.484 e. The van der Waals surface area contributed by atoms with Crippen molar-refractivity contribution in [3.8, 4) is 5.75 Å². The number of aryl methyl sites for hydroxylation is 1. The summed E-state index contributed by atoms with van der Waals surface area (Å²) in [5.41, 5.74) is 1.29. The molecule has 3 aromatic rings. The Balaban J connectivity index is 1.97. The second-order valence-electron chi connectivity index (χ2n) is 5.64. The van der Waals surface area contributed by atoms with Crippen molar-refractivity contribution in [1.82, 2.24) is 0 Å². The van der Waals surface area contributed by atoms with Crippen molar-refractivity contribution in [3.63, 3.8) is 0 Å². The highest BCUT2D eigenvalue weighted by Gasteiger charge is 2.15. The first-order chi connectivity index (χ1) is 11.8. The smallest absolute Gasteiger partial charge is 0.336 e. The lowest BCUT2D eigenvalue weighted by Crippen LogP contribution is -2.05. The van der Waals surface area contributed by atoms with Gasteiger partial charge in [0.2, 0.25) is 0 Å². The Morgan fingerprint density at radius 3 is 2.72 bits per heavy atom. The zero-order valence-electron chi connectivity index (χ0n) is 13.5. The molecule has 0 aliphatic carbocycles. The highest BCUT2D eigenvalue weighted by atomic mass is 35.5. The summed E-state index contributed by atoms with van der Waals surface area (Å²) in [6.45, 7) is 3.55. The molecule has 0 radical (unpaired) electrons. The van der Waals surface area contributed by atoms with E-state index >= 15 is 0 Å². The average Bonchev–Trinajstić information content (AvgIpc) is 2.56. The summed E-state index contributed by atoms with van der Waals surface area (Å²) in [5, 5.41) is 12.0. The molecule has 1 heterocycles. The van der Waals surface area contributed by atoms with Crippen LogP contribution in [0.3, 0.4) is 0 Å². The number of nitrogens with zero attached hydrogens (tertiary/aromatic N) is 1. The van der Waals surface area contributed by atoms with Gasteiger partial charge in [-0.3, -0.25) is 10.1 Å². The average molecular weight is 360 g/mol. The topological polar surface area (TPSA) is 82.6 Å². The Hall–Kier alpha value is -2.86. The van der Waals surface area contributed by atoms with Crippen LogP contribution in [-0.2, 0) is 0 Å². The van der Waals surface area contributed by atoms with Crippen molar-refractivity contribution >= 4 is 28.3 Å². The number of nitro groups is 1. The van der Waals surface area contributed by atoms with Crippen molar-refractivity contribution in [2.75, 3.05) is 0 Å². The molecule has 0 saturated heterocycles. The number of nitro benzene ring substituents is 1. The molecule has 0 unspecified atom stereocenters. The first-order valence-corrected chi connectivity index (χ1v) is 7.88. The molecule has 0 saturated carbocycles. The van der Waals surface area contributed by atoms with Crippen LogP contribution in [0.2, 0.25) is 5.02 Å². The molecular formula is C18H14ClNO5. The SMILES string of the molecule is Cc1cc(=O)oc2cc(O[C@@H](C)c3cccc([N+](=O)[O-])c3)c(Cl)cc12. The largest absolute Gasteiger partial charge is 0.484 e. The van der Waals surface area contributed by atoms with Crippen LogP contribution >= 0.6 is 11.6 Å². The van der Waals surface area contributed by atoms with Gasteiger partial charge < -0.3 is 9.15 Å². The summed E-state index contributed by atoms with van der Waals surface area (Å²) in [5.74, 6) is 0.335. The normalized spacial score (nSPS) is 12.1. The second kappa shape index (κ2) is 6.57. The minimum atomic E-state index is -0.480. The van der Waals surface area contributed by atoms with Gasteiger partial charge in [-0.25, -0.2) is 4.79 Å². The molecule has 0 bridgehead atoms. The molecule has 25 heavy (non-hydrogen) atoms. The number of rotatable bonds is 4. The fourth-order valence-corrected chi connectivity index (χ4v) is 2.77. The molecule has 7 heteroatoms. The van der Waals surface area contributed by atoms with Crippen molar-refractivity contribution in [3.05, 3.63) is 79.1 Å². The maximum atomic E-state index is 11.5. The summed E-state index contributed by atoms with van der Waals surface area (Å²) in [6, 6.07) is 10.8. The third-order valence-electron chi connectivity index (χ3n) is 3.86. The van der Waals surface area contributed by atoms with Crippen molar-refractivity contribution < 1.29 is 14.1 Å². The van der Waals surface area contributed by atoms with E-state index in [2.05, 4.69) is 0 Å². The Kier molecular flexibility index (Phi) is 4.46. The molecule has 0 N–H and O–H groups in total. The first-order valence-electron chi connectivity index (χ1n) is 7.50. The predicted molar refractivity (Wildman–Crippen MR) is 94.4 cm³/mol. The van der Waals surface area contributed by atoms with Crippen molar-refractivity contribution in [2.45, 2.75) is 20.0 Å². The van der Waals surface area contributed by atoms with Crippen LogP contribution in [0.15, 0.2) is 51.7 Å². The predicted octanol–water partition coefficient (Wildman–Crippen LogP) is 4.80. The van der Waals surface area contributed by atoms with E-state index < -0.39 is 16.7 Å². The number of fused-ring (bicyclic) bond motifs is 1. The number of hydrogen-bond acceptors (Lipinski definition) is 5. The van der Waals surface area contributed by atoms with Crippen LogP contribution in [0.1, 0.15) is 24.2 Å². The van der Waals surface area contributed by atoms with Gasteiger partial charge in [0.25, 0.3) is 5.69 Å². The first kappa shape index (κ1) is 17.0. The van der Waals surface area contributed by atoms with Crippen LogP contribution in [0.25, 0.3) is 11.0 Å². The summed E-state index contributed by atoms with van der Waals surface area (Å²) in [4.78, 5) is 22.0. The molecule has 6 nitrogen and oxygen atoms in total. The Morgan fingerprint density at radius 1 is 1.24 bits per heavy atom. The molecule has 0 spiro atoms. The molecule has 0 aliphatic heterocycles. The minimum absolute atomic E-state index is 0.0146. The summed E-state index contributed by atoms with van der Waals surface area (Å²) in [7, 11) is 0. The number of halogens is 1. The second-order valence-corrected chi connectivity index (χ2v) is 6.05. The van der Waals surface area contributed by atoms with Crippen LogP contribution < -0.4 is 10.4 Å². The van der Waals surface area contributed by atoms with Crippen LogP contribution in [0.4, 0.5) is 5.69 Å². The lowest BCUT2D eigenvalue weighted by atomic mass is 10.1. The van der Waals surface area contributed by atoms with E-state index in [0.29, 0.717) is 21.9 Å². The summed E-state index contributed by atoms with van der Waals surface area (Å²) >= 11 is 6.28. The third kappa shape index (κ3) is 3.49. The van der Waals surface area contributed by atoms with Gasteiger partial charge in [0.05, 0.1) is 9.95 Å². The molecule has 3 rings (SSSR count). The highest BCUT2D eigenvalue weighted by molar-refractivity contribution is 6.32. The van der Waals surface area contributed by atoms with Gasteiger partial charge in [-0.2, -0.15) is 0 Å². The lowest BCUT2D eigenvalue weighted by molar-refractivity contribution is -0.385. The van der Waals surface area contributed by atoms with Gasteiger partial charge in [-0.15, -0.1) is 0 Å². The number of non-ortho nitro benzene ring substituents is 1. The van der Waals surface area contributed by atoms with Gasteiger partial charge in [-0.1, -0.05) is 23.7 Å². The molecule has 128 valence electrons. The highest BCUT2D eigenvalue weighted by Crippen LogP contribution is 2.34. The maximum Gasteiger partial charge on any atom is 0.336 e. The zero-order chi connectivity index (χ0) is 18.1. The molecular weight excluding hydrogens is 346 g/mol.